The highest BCUT2D eigenvalue weighted by atomic mass is 32.1. The van der Waals surface area contributed by atoms with E-state index >= 15 is 0 Å². The van der Waals surface area contributed by atoms with Gasteiger partial charge in [0.15, 0.2) is 0 Å². The molecule has 0 saturated carbocycles. The molecule has 0 saturated heterocycles. The summed E-state index contributed by atoms with van der Waals surface area (Å²) in [5.41, 5.74) is 6.60. The minimum Gasteiger partial charge on any atom is -0.365 e. The van der Waals surface area contributed by atoms with Crippen LogP contribution in [0.1, 0.15) is 26.6 Å². The van der Waals surface area contributed by atoms with Crippen LogP contribution in [0.2, 0.25) is 0 Å². The van der Waals surface area contributed by atoms with Gasteiger partial charge in [0.2, 0.25) is 0 Å². The van der Waals surface area contributed by atoms with Crippen molar-refractivity contribution in [1.29, 1.82) is 0 Å². The number of carbonyl (C=O) groups excluding carboxylic acids is 1. The van der Waals surface area contributed by atoms with Crippen LogP contribution in [-0.2, 0) is 13.0 Å². The first kappa shape index (κ1) is 18.3. The molecule has 2 aromatic heterocycles. The van der Waals surface area contributed by atoms with Gasteiger partial charge in [-0.05, 0) is 28.8 Å². The number of nitrogens with zero attached hydrogens (tertiary/aromatic N) is 2. The summed E-state index contributed by atoms with van der Waals surface area (Å²) < 4.78 is 14.6. The first-order chi connectivity index (χ1) is 13.5. The molecule has 0 aliphatic rings. The van der Waals surface area contributed by atoms with Gasteiger partial charge in [0.1, 0.15) is 17.3 Å². The molecule has 0 atom stereocenters. The molecule has 0 unspecified atom stereocenters. The molecule has 4 aromatic rings. The molecule has 2 heterocycles. The van der Waals surface area contributed by atoms with Gasteiger partial charge in [-0.1, -0.05) is 42.5 Å². The lowest BCUT2D eigenvalue weighted by Gasteiger charge is -2.12. The number of halogens is 1. The van der Waals surface area contributed by atoms with Gasteiger partial charge in [-0.3, -0.25) is 14.2 Å². The van der Waals surface area contributed by atoms with Crippen LogP contribution in [0.15, 0.2) is 47.3 Å². The Morgan fingerprint density at radius 1 is 1.21 bits per heavy atom. The molecule has 0 radical (unpaired) electrons. The molecule has 7 heteroatoms. The molecule has 2 aromatic carbocycles. The number of carbonyl (C=O) groups is 1. The summed E-state index contributed by atoms with van der Waals surface area (Å²) in [6, 6.07) is 13.9. The number of hydrogen-bond acceptors (Lipinski definition) is 4. The van der Waals surface area contributed by atoms with E-state index in [9.17, 15) is 14.0 Å². The maximum atomic E-state index is 13.2. The van der Waals surface area contributed by atoms with Gasteiger partial charge >= 0.3 is 0 Å². The maximum absolute atomic E-state index is 13.2. The number of aromatic nitrogens is 2. The average molecular weight is 395 g/mol. The molecular weight excluding hydrogens is 377 g/mol. The molecule has 2 N–H and O–H groups in total. The van der Waals surface area contributed by atoms with E-state index in [0.29, 0.717) is 32.9 Å². The molecule has 1 amide bonds. The zero-order chi connectivity index (χ0) is 19.8. The van der Waals surface area contributed by atoms with Gasteiger partial charge in [-0.2, -0.15) is 0 Å². The summed E-state index contributed by atoms with van der Waals surface area (Å²) in [7, 11) is 0. The van der Waals surface area contributed by atoms with Crippen molar-refractivity contribution in [1.82, 2.24) is 9.55 Å². The number of alkyl halides is 1. The summed E-state index contributed by atoms with van der Waals surface area (Å²) >= 11 is 1.11. The van der Waals surface area contributed by atoms with Crippen molar-refractivity contribution in [3.63, 3.8) is 0 Å². The highest BCUT2D eigenvalue weighted by molar-refractivity contribution is 7.20. The number of hydrogen-bond donors (Lipinski definition) is 1. The van der Waals surface area contributed by atoms with E-state index in [1.165, 1.54) is 4.57 Å². The van der Waals surface area contributed by atoms with Crippen LogP contribution in [0.25, 0.3) is 21.0 Å². The van der Waals surface area contributed by atoms with E-state index < -0.39 is 12.6 Å². The van der Waals surface area contributed by atoms with Crippen LogP contribution in [-0.4, -0.2) is 22.1 Å². The molecule has 0 fully saturated rings. The maximum Gasteiger partial charge on any atom is 0.262 e. The van der Waals surface area contributed by atoms with Crippen LogP contribution in [0.5, 0.6) is 0 Å². The van der Waals surface area contributed by atoms with E-state index in [2.05, 4.69) is 4.98 Å². The van der Waals surface area contributed by atoms with Crippen molar-refractivity contribution in [2.45, 2.75) is 19.9 Å². The largest absolute Gasteiger partial charge is 0.365 e. The van der Waals surface area contributed by atoms with E-state index in [1.54, 1.807) is 6.92 Å². The SMILES string of the molecule is Cc1c(C(N)=O)sc2nc(Cc3cccc4ccccc34)n(CCF)c(=O)c12. The fourth-order valence-corrected chi connectivity index (χ4v) is 4.60. The topological polar surface area (TPSA) is 78.0 Å². The average Bonchev–Trinajstić information content (AvgIpc) is 3.02. The summed E-state index contributed by atoms with van der Waals surface area (Å²) in [6.07, 6.45) is 0.384. The number of primary amides is 1. The lowest BCUT2D eigenvalue weighted by molar-refractivity contribution is 0.100. The number of thiophene rings is 1. The van der Waals surface area contributed by atoms with Gasteiger partial charge in [0.25, 0.3) is 11.5 Å². The third-order valence-electron chi connectivity index (χ3n) is 4.89. The fourth-order valence-electron chi connectivity index (χ4n) is 3.56. The molecule has 0 spiro atoms. The van der Waals surface area contributed by atoms with Crippen LogP contribution in [0, 0.1) is 6.92 Å². The minimum atomic E-state index is -0.679. The van der Waals surface area contributed by atoms with E-state index in [-0.39, 0.29) is 12.1 Å². The molecule has 4 rings (SSSR count). The number of aryl methyl sites for hydroxylation is 1. The van der Waals surface area contributed by atoms with Crippen LogP contribution < -0.4 is 11.3 Å². The fraction of sp³-hybridized carbons (Fsp3) is 0.190. The lowest BCUT2D eigenvalue weighted by Crippen LogP contribution is -2.26. The van der Waals surface area contributed by atoms with Gasteiger partial charge in [-0.25, -0.2) is 9.37 Å². The van der Waals surface area contributed by atoms with Gasteiger partial charge in [-0.15, -0.1) is 11.3 Å². The minimum absolute atomic E-state index is 0.0803. The second kappa shape index (κ2) is 7.16. The molecular formula is C21H18FN3O2S. The Kier molecular flexibility index (Phi) is 4.68. The molecule has 5 nitrogen and oxygen atoms in total. The standard InChI is InChI=1S/C21H18FN3O2S/c1-12-17-20(28-18(12)19(23)26)24-16(25(10-9-22)21(17)27)11-14-7-4-6-13-5-2-3-8-15(13)14/h2-8H,9-11H2,1H3,(H2,23,26). The molecule has 0 bridgehead atoms. The number of nitrogens with two attached hydrogens (primary N) is 1. The quantitative estimate of drug-likeness (QED) is 0.561. The van der Waals surface area contributed by atoms with Crippen molar-refractivity contribution < 1.29 is 9.18 Å². The zero-order valence-corrected chi connectivity index (χ0v) is 16.1. The third kappa shape index (κ3) is 2.97. The van der Waals surface area contributed by atoms with Crippen molar-refractivity contribution in [2.24, 2.45) is 5.73 Å². The van der Waals surface area contributed by atoms with Gasteiger partial charge in [0, 0.05) is 6.42 Å². The Morgan fingerprint density at radius 2 is 1.96 bits per heavy atom. The Balaban J connectivity index is 1.94. The van der Waals surface area contributed by atoms with Crippen molar-refractivity contribution in [2.75, 3.05) is 6.67 Å². The summed E-state index contributed by atoms with van der Waals surface area (Å²) in [5, 5.41) is 2.49. The normalized spacial score (nSPS) is 11.4. The number of amides is 1. The summed E-state index contributed by atoms with van der Waals surface area (Å²) in [6.45, 7) is 0.913. The van der Waals surface area contributed by atoms with Gasteiger partial charge in [0.05, 0.1) is 16.8 Å². The first-order valence-electron chi connectivity index (χ1n) is 8.86. The van der Waals surface area contributed by atoms with Crippen molar-refractivity contribution in [3.8, 4) is 0 Å². The van der Waals surface area contributed by atoms with Crippen LogP contribution >= 0.6 is 11.3 Å². The Hall–Kier alpha value is -3.06. The van der Waals surface area contributed by atoms with Crippen molar-refractivity contribution in [3.05, 3.63) is 74.6 Å². The number of benzene rings is 2. The monoisotopic (exact) mass is 395 g/mol. The molecule has 28 heavy (non-hydrogen) atoms. The van der Waals surface area contributed by atoms with E-state index in [4.69, 9.17) is 5.73 Å². The Labute approximate surface area is 164 Å². The summed E-state index contributed by atoms with van der Waals surface area (Å²) in [4.78, 5) is 30.1. The highest BCUT2D eigenvalue weighted by Gasteiger charge is 2.20. The van der Waals surface area contributed by atoms with Gasteiger partial charge < -0.3 is 5.73 Å². The molecule has 142 valence electrons. The summed E-state index contributed by atoms with van der Waals surface area (Å²) in [5.74, 6) is -0.115. The lowest BCUT2D eigenvalue weighted by atomic mass is 10.0. The van der Waals surface area contributed by atoms with Crippen LogP contribution in [0.4, 0.5) is 4.39 Å². The second-order valence-electron chi connectivity index (χ2n) is 6.59. The second-order valence-corrected chi connectivity index (χ2v) is 7.59. The number of fused-ring (bicyclic) bond motifs is 2. The zero-order valence-electron chi connectivity index (χ0n) is 15.2. The highest BCUT2D eigenvalue weighted by Crippen LogP contribution is 2.28. The van der Waals surface area contributed by atoms with E-state index in [1.807, 2.05) is 42.5 Å². The van der Waals surface area contributed by atoms with Crippen LogP contribution in [0.3, 0.4) is 0 Å². The Bertz CT molecular complexity index is 1270. The third-order valence-corrected chi connectivity index (χ3v) is 6.09. The predicted octanol–water partition coefficient (Wildman–Crippen LogP) is 3.58. The Morgan fingerprint density at radius 3 is 2.71 bits per heavy atom. The molecule has 0 aliphatic carbocycles. The van der Waals surface area contributed by atoms with Crippen molar-refractivity contribution >= 4 is 38.2 Å². The first-order valence-corrected chi connectivity index (χ1v) is 9.68. The van der Waals surface area contributed by atoms with E-state index in [0.717, 1.165) is 27.7 Å². The predicted molar refractivity (Wildman–Crippen MR) is 110 cm³/mol. The smallest absolute Gasteiger partial charge is 0.262 e. The number of rotatable bonds is 5. The molecule has 0 aliphatic heterocycles.